The Balaban J connectivity index is 1.47. The number of rotatable bonds is 3. The third-order valence-electron chi connectivity index (χ3n) is 5.28. The van der Waals surface area contributed by atoms with Crippen LogP contribution in [0.25, 0.3) is 0 Å². The number of nitriles is 1. The van der Waals surface area contributed by atoms with Crippen LogP contribution in [0.1, 0.15) is 56.2 Å². The highest BCUT2D eigenvalue weighted by Gasteiger charge is 2.23. The maximum absolute atomic E-state index is 12.2. The SMILES string of the molecule is Cc1ccc(N2CCC(NC(=O)NC3CCCCC3)CC2)nc1C#N. The van der Waals surface area contributed by atoms with Gasteiger partial charge in [-0.1, -0.05) is 25.3 Å². The van der Waals surface area contributed by atoms with E-state index in [9.17, 15) is 4.79 Å². The zero-order valence-corrected chi connectivity index (χ0v) is 14.9. The highest BCUT2D eigenvalue weighted by molar-refractivity contribution is 5.74. The van der Waals surface area contributed by atoms with E-state index in [1.807, 2.05) is 19.1 Å². The van der Waals surface area contributed by atoms with E-state index in [1.54, 1.807) is 0 Å². The lowest BCUT2D eigenvalue weighted by Gasteiger charge is -2.33. The van der Waals surface area contributed by atoms with Crippen LogP contribution >= 0.6 is 0 Å². The van der Waals surface area contributed by atoms with E-state index in [1.165, 1.54) is 19.3 Å². The number of hydrogen-bond donors (Lipinski definition) is 2. The third kappa shape index (κ3) is 4.62. The minimum Gasteiger partial charge on any atom is -0.356 e. The topological polar surface area (TPSA) is 81.1 Å². The van der Waals surface area contributed by atoms with E-state index < -0.39 is 0 Å². The zero-order valence-electron chi connectivity index (χ0n) is 14.9. The number of aryl methyl sites for hydroxylation is 1. The van der Waals surface area contributed by atoms with Crippen molar-refractivity contribution in [2.24, 2.45) is 0 Å². The summed E-state index contributed by atoms with van der Waals surface area (Å²) in [6, 6.07) is 6.59. The molecule has 3 rings (SSSR count). The van der Waals surface area contributed by atoms with Gasteiger partial charge in [-0.25, -0.2) is 9.78 Å². The van der Waals surface area contributed by atoms with Crippen molar-refractivity contribution in [2.75, 3.05) is 18.0 Å². The predicted molar refractivity (Wildman–Crippen MR) is 97.5 cm³/mol. The Morgan fingerprint density at radius 3 is 2.40 bits per heavy atom. The minimum absolute atomic E-state index is 0.0226. The molecule has 6 nitrogen and oxygen atoms in total. The fraction of sp³-hybridized carbons (Fsp3) is 0.632. The van der Waals surface area contributed by atoms with Crippen LogP contribution in [0.2, 0.25) is 0 Å². The molecule has 2 amide bonds. The highest BCUT2D eigenvalue weighted by atomic mass is 16.2. The molecule has 1 saturated heterocycles. The molecule has 25 heavy (non-hydrogen) atoms. The Morgan fingerprint density at radius 1 is 1.12 bits per heavy atom. The maximum Gasteiger partial charge on any atom is 0.315 e. The quantitative estimate of drug-likeness (QED) is 0.886. The summed E-state index contributed by atoms with van der Waals surface area (Å²) in [6.07, 6.45) is 7.73. The minimum atomic E-state index is -0.0226. The van der Waals surface area contributed by atoms with E-state index in [4.69, 9.17) is 5.26 Å². The summed E-state index contributed by atoms with van der Waals surface area (Å²) in [7, 11) is 0. The van der Waals surface area contributed by atoms with Crippen molar-refractivity contribution in [3.63, 3.8) is 0 Å². The number of nitrogens with one attached hydrogen (secondary N) is 2. The second-order valence-electron chi connectivity index (χ2n) is 7.16. The van der Waals surface area contributed by atoms with E-state index >= 15 is 0 Å². The summed E-state index contributed by atoms with van der Waals surface area (Å²) in [4.78, 5) is 18.8. The molecule has 2 aliphatic rings. The molecule has 0 atom stereocenters. The molecule has 2 N–H and O–H groups in total. The fourth-order valence-electron chi connectivity index (χ4n) is 3.72. The summed E-state index contributed by atoms with van der Waals surface area (Å²) in [6.45, 7) is 3.58. The van der Waals surface area contributed by atoms with Gasteiger partial charge in [0.2, 0.25) is 0 Å². The maximum atomic E-state index is 12.2. The number of hydrogen-bond acceptors (Lipinski definition) is 4. The third-order valence-corrected chi connectivity index (χ3v) is 5.28. The summed E-state index contributed by atoms with van der Waals surface area (Å²) in [5, 5.41) is 15.4. The number of urea groups is 1. The fourth-order valence-corrected chi connectivity index (χ4v) is 3.72. The standard InChI is InChI=1S/C19H27N5O/c1-14-7-8-18(23-17(14)13-20)24-11-9-16(10-12-24)22-19(25)21-15-5-3-2-4-6-15/h7-8,15-16H,2-6,9-12H2,1H3,(H2,21,22,25). The Kier molecular flexibility index (Phi) is 5.75. The van der Waals surface area contributed by atoms with Crippen LogP contribution in [0, 0.1) is 18.3 Å². The number of piperidine rings is 1. The summed E-state index contributed by atoms with van der Waals surface area (Å²) in [5.74, 6) is 0.854. The van der Waals surface area contributed by atoms with E-state index in [0.717, 1.165) is 50.2 Å². The summed E-state index contributed by atoms with van der Waals surface area (Å²) in [5.41, 5.74) is 1.40. The van der Waals surface area contributed by atoms with Crippen molar-refractivity contribution in [3.05, 3.63) is 23.4 Å². The first-order valence-corrected chi connectivity index (χ1v) is 9.35. The molecule has 1 saturated carbocycles. The molecule has 1 aromatic heterocycles. The zero-order chi connectivity index (χ0) is 17.6. The van der Waals surface area contributed by atoms with Gasteiger partial charge < -0.3 is 15.5 Å². The van der Waals surface area contributed by atoms with Crippen LogP contribution in [0.5, 0.6) is 0 Å². The van der Waals surface area contributed by atoms with Crippen molar-refractivity contribution in [1.82, 2.24) is 15.6 Å². The molecule has 0 aromatic carbocycles. The van der Waals surface area contributed by atoms with E-state index in [0.29, 0.717) is 11.7 Å². The summed E-state index contributed by atoms with van der Waals surface area (Å²) >= 11 is 0. The number of carbonyl (C=O) groups excluding carboxylic acids is 1. The van der Waals surface area contributed by atoms with E-state index in [2.05, 4.69) is 26.6 Å². The largest absolute Gasteiger partial charge is 0.356 e. The van der Waals surface area contributed by atoms with Gasteiger partial charge in [0.15, 0.2) is 0 Å². The van der Waals surface area contributed by atoms with Gasteiger partial charge >= 0.3 is 6.03 Å². The highest BCUT2D eigenvalue weighted by Crippen LogP contribution is 2.20. The first kappa shape index (κ1) is 17.5. The monoisotopic (exact) mass is 341 g/mol. The molecule has 2 heterocycles. The van der Waals surface area contributed by atoms with Crippen LogP contribution in [0.4, 0.5) is 10.6 Å². The first-order chi connectivity index (χ1) is 12.2. The van der Waals surface area contributed by atoms with Crippen LogP contribution in [-0.4, -0.2) is 36.2 Å². The van der Waals surface area contributed by atoms with Crippen LogP contribution in [-0.2, 0) is 0 Å². The molecule has 1 aromatic rings. The van der Waals surface area contributed by atoms with Gasteiger partial charge in [-0.05, 0) is 44.2 Å². The van der Waals surface area contributed by atoms with Crippen molar-refractivity contribution in [2.45, 2.75) is 64.0 Å². The molecule has 0 radical (unpaired) electrons. The number of carbonyl (C=O) groups is 1. The van der Waals surface area contributed by atoms with Gasteiger partial charge in [-0.3, -0.25) is 0 Å². The number of pyridine rings is 1. The first-order valence-electron chi connectivity index (χ1n) is 9.35. The van der Waals surface area contributed by atoms with Crippen LogP contribution in [0.3, 0.4) is 0 Å². The molecular weight excluding hydrogens is 314 g/mol. The average Bonchev–Trinajstić information content (AvgIpc) is 2.63. The lowest BCUT2D eigenvalue weighted by molar-refractivity contribution is 0.226. The normalized spacial score (nSPS) is 19.3. The molecule has 1 aliphatic carbocycles. The molecule has 2 fully saturated rings. The number of nitrogens with zero attached hydrogens (tertiary/aromatic N) is 3. The molecule has 0 unspecified atom stereocenters. The number of anilines is 1. The van der Waals surface area contributed by atoms with Crippen LogP contribution < -0.4 is 15.5 Å². The second-order valence-corrected chi connectivity index (χ2v) is 7.16. The molecular formula is C19H27N5O. The Labute approximate surface area is 149 Å². The Morgan fingerprint density at radius 2 is 1.76 bits per heavy atom. The number of aromatic nitrogens is 1. The van der Waals surface area contributed by atoms with Gasteiger partial charge in [-0.15, -0.1) is 0 Å². The predicted octanol–water partition coefficient (Wildman–Crippen LogP) is 2.86. The molecule has 1 aliphatic heterocycles. The molecule has 0 bridgehead atoms. The lowest BCUT2D eigenvalue weighted by Crippen LogP contribution is -2.50. The van der Waals surface area contributed by atoms with Crippen molar-refractivity contribution in [1.29, 1.82) is 5.26 Å². The van der Waals surface area contributed by atoms with Gasteiger partial charge in [0, 0.05) is 25.2 Å². The van der Waals surface area contributed by atoms with Gasteiger partial charge in [-0.2, -0.15) is 5.26 Å². The smallest absolute Gasteiger partial charge is 0.315 e. The molecule has 0 spiro atoms. The average molecular weight is 341 g/mol. The van der Waals surface area contributed by atoms with Gasteiger partial charge in [0.25, 0.3) is 0 Å². The van der Waals surface area contributed by atoms with E-state index in [-0.39, 0.29) is 12.1 Å². The lowest BCUT2D eigenvalue weighted by atomic mass is 9.96. The summed E-state index contributed by atoms with van der Waals surface area (Å²) < 4.78 is 0. The van der Waals surface area contributed by atoms with Gasteiger partial charge in [0.1, 0.15) is 17.6 Å². The Bertz CT molecular complexity index is 640. The second kappa shape index (κ2) is 8.19. The number of amides is 2. The van der Waals surface area contributed by atoms with Gasteiger partial charge in [0.05, 0.1) is 0 Å². The molecule has 134 valence electrons. The van der Waals surface area contributed by atoms with Crippen molar-refractivity contribution < 1.29 is 4.79 Å². The van der Waals surface area contributed by atoms with Crippen molar-refractivity contribution in [3.8, 4) is 6.07 Å². The van der Waals surface area contributed by atoms with Crippen LogP contribution in [0.15, 0.2) is 12.1 Å². The molecule has 6 heteroatoms. The Hall–Kier alpha value is -2.29. The van der Waals surface area contributed by atoms with Crippen molar-refractivity contribution >= 4 is 11.8 Å².